The predicted octanol–water partition coefficient (Wildman–Crippen LogP) is 4.76. The molecule has 2 heteroatoms. The van der Waals surface area contributed by atoms with Crippen molar-refractivity contribution in [1.82, 2.24) is 0 Å². The number of rotatable bonds is 4. The summed E-state index contributed by atoms with van der Waals surface area (Å²) < 4.78 is 0. The highest BCUT2D eigenvalue weighted by molar-refractivity contribution is 6.17. The second-order valence-electron chi connectivity index (χ2n) is 4.09. The molecule has 0 aliphatic carbocycles. The standard InChI is InChI=1S/C15H14Cl2/c16-10-14-7-13(8-15(9-14)11-17)6-12-4-2-1-3-5-12/h1-5,7-9H,6,10-11H2. The van der Waals surface area contributed by atoms with E-state index >= 15 is 0 Å². The quantitative estimate of drug-likeness (QED) is 0.699. The maximum Gasteiger partial charge on any atom is 0.0474 e. The Labute approximate surface area is 112 Å². The average Bonchev–Trinajstić information content (AvgIpc) is 2.39. The molecule has 0 nitrogen and oxygen atoms in total. The molecule has 2 rings (SSSR count). The van der Waals surface area contributed by atoms with Gasteiger partial charge < -0.3 is 0 Å². The zero-order valence-electron chi connectivity index (χ0n) is 9.50. The zero-order valence-corrected chi connectivity index (χ0v) is 11.0. The number of benzene rings is 2. The van der Waals surface area contributed by atoms with Crippen molar-refractivity contribution >= 4 is 23.2 Å². The van der Waals surface area contributed by atoms with Crippen LogP contribution in [-0.4, -0.2) is 0 Å². The Morgan fingerprint density at radius 2 is 1.18 bits per heavy atom. The molecule has 0 atom stereocenters. The Kier molecular flexibility index (Phi) is 4.47. The van der Waals surface area contributed by atoms with Gasteiger partial charge in [-0.15, -0.1) is 23.2 Å². The molecule has 0 heterocycles. The summed E-state index contributed by atoms with van der Waals surface area (Å²) in [7, 11) is 0. The van der Waals surface area contributed by atoms with Gasteiger partial charge in [0.1, 0.15) is 0 Å². The second kappa shape index (κ2) is 6.09. The monoisotopic (exact) mass is 264 g/mol. The van der Waals surface area contributed by atoms with Gasteiger partial charge in [-0.25, -0.2) is 0 Å². The minimum atomic E-state index is 0.534. The number of alkyl halides is 2. The summed E-state index contributed by atoms with van der Waals surface area (Å²) in [6.45, 7) is 0. The van der Waals surface area contributed by atoms with Gasteiger partial charge in [-0.2, -0.15) is 0 Å². The lowest BCUT2D eigenvalue weighted by Crippen LogP contribution is -1.92. The van der Waals surface area contributed by atoms with Crippen LogP contribution in [0.1, 0.15) is 22.3 Å². The van der Waals surface area contributed by atoms with Gasteiger partial charge in [0.15, 0.2) is 0 Å². The smallest absolute Gasteiger partial charge is 0.0474 e. The van der Waals surface area contributed by atoms with Crippen LogP contribution >= 0.6 is 23.2 Å². The summed E-state index contributed by atoms with van der Waals surface area (Å²) in [6, 6.07) is 16.8. The van der Waals surface area contributed by atoms with E-state index < -0.39 is 0 Å². The predicted molar refractivity (Wildman–Crippen MR) is 74.8 cm³/mol. The first kappa shape index (κ1) is 12.5. The molecule has 0 bridgehead atoms. The lowest BCUT2D eigenvalue weighted by atomic mass is 10.0. The van der Waals surface area contributed by atoms with Crippen molar-refractivity contribution in [3.8, 4) is 0 Å². The summed E-state index contributed by atoms with van der Waals surface area (Å²) in [4.78, 5) is 0. The molecule has 17 heavy (non-hydrogen) atoms. The molecule has 0 saturated carbocycles. The van der Waals surface area contributed by atoms with E-state index in [1.807, 2.05) is 6.07 Å². The van der Waals surface area contributed by atoms with Crippen molar-refractivity contribution < 1.29 is 0 Å². The van der Waals surface area contributed by atoms with Crippen LogP contribution in [0.2, 0.25) is 0 Å². The Morgan fingerprint density at radius 1 is 0.647 bits per heavy atom. The highest BCUT2D eigenvalue weighted by Crippen LogP contribution is 2.17. The Balaban J connectivity index is 2.26. The van der Waals surface area contributed by atoms with E-state index in [1.165, 1.54) is 11.1 Å². The van der Waals surface area contributed by atoms with Crippen LogP contribution in [-0.2, 0) is 18.2 Å². The maximum atomic E-state index is 5.89. The van der Waals surface area contributed by atoms with Gasteiger partial charge in [0, 0.05) is 11.8 Å². The molecule has 0 fully saturated rings. The van der Waals surface area contributed by atoms with Crippen LogP contribution in [0, 0.1) is 0 Å². The Morgan fingerprint density at radius 3 is 1.71 bits per heavy atom. The minimum Gasteiger partial charge on any atom is -0.122 e. The fraction of sp³-hybridized carbons (Fsp3) is 0.200. The first-order valence-electron chi connectivity index (χ1n) is 5.59. The van der Waals surface area contributed by atoms with Gasteiger partial charge in [0.25, 0.3) is 0 Å². The van der Waals surface area contributed by atoms with E-state index in [-0.39, 0.29) is 0 Å². The fourth-order valence-corrected chi connectivity index (χ4v) is 2.24. The van der Waals surface area contributed by atoms with E-state index in [4.69, 9.17) is 23.2 Å². The SMILES string of the molecule is ClCc1cc(CCl)cc(Cc2ccccc2)c1. The topological polar surface area (TPSA) is 0 Å². The third kappa shape index (κ3) is 3.49. The molecular weight excluding hydrogens is 251 g/mol. The van der Waals surface area contributed by atoms with Crippen LogP contribution in [0.25, 0.3) is 0 Å². The van der Waals surface area contributed by atoms with Crippen molar-refractivity contribution in [2.24, 2.45) is 0 Å². The Bertz CT molecular complexity index is 455. The third-order valence-corrected chi connectivity index (χ3v) is 3.29. The summed E-state index contributed by atoms with van der Waals surface area (Å²) in [5.41, 5.74) is 4.84. The number of hydrogen-bond acceptors (Lipinski definition) is 0. The van der Waals surface area contributed by atoms with Gasteiger partial charge >= 0.3 is 0 Å². The summed E-state index contributed by atoms with van der Waals surface area (Å²) in [6.07, 6.45) is 0.926. The van der Waals surface area contributed by atoms with Crippen molar-refractivity contribution in [3.63, 3.8) is 0 Å². The minimum absolute atomic E-state index is 0.534. The molecule has 0 saturated heterocycles. The molecule has 0 aliphatic rings. The van der Waals surface area contributed by atoms with Gasteiger partial charge in [-0.1, -0.05) is 48.5 Å². The molecule has 0 unspecified atom stereocenters. The lowest BCUT2D eigenvalue weighted by Gasteiger charge is -2.07. The normalized spacial score (nSPS) is 10.5. The van der Waals surface area contributed by atoms with Crippen molar-refractivity contribution in [2.75, 3.05) is 0 Å². The van der Waals surface area contributed by atoms with Crippen molar-refractivity contribution in [3.05, 3.63) is 70.8 Å². The molecule has 0 aromatic heterocycles. The van der Waals surface area contributed by atoms with E-state index in [0.29, 0.717) is 11.8 Å². The first-order valence-corrected chi connectivity index (χ1v) is 6.66. The molecule has 88 valence electrons. The van der Waals surface area contributed by atoms with Crippen LogP contribution in [0.5, 0.6) is 0 Å². The highest BCUT2D eigenvalue weighted by Gasteiger charge is 2.01. The zero-order chi connectivity index (χ0) is 12.1. The van der Waals surface area contributed by atoms with Crippen LogP contribution < -0.4 is 0 Å². The molecule has 2 aromatic carbocycles. The largest absolute Gasteiger partial charge is 0.122 e. The maximum absolute atomic E-state index is 5.89. The second-order valence-corrected chi connectivity index (χ2v) is 4.62. The van der Waals surface area contributed by atoms with Crippen LogP contribution in [0.4, 0.5) is 0 Å². The van der Waals surface area contributed by atoms with Gasteiger partial charge in [0.2, 0.25) is 0 Å². The molecule has 0 radical (unpaired) electrons. The molecule has 0 aliphatic heterocycles. The summed E-state index contributed by atoms with van der Waals surface area (Å²) >= 11 is 11.8. The summed E-state index contributed by atoms with van der Waals surface area (Å²) in [5, 5.41) is 0. The van der Waals surface area contributed by atoms with Crippen molar-refractivity contribution in [1.29, 1.82) is 0 Å². The third-order valence-electron chi connectivity index (χ3n) is 2.67. The number of hydrogen-bond donors (Lipinski definition) is 0. The van der Waals surface area contributed by atoms with Crippen LogP contribution in [0.15, 0.2) is 48.5 Å². The van der Waals surface area contributed by atoms with Gasteiger partial charge in [-0.05, 0) is 28.7 Å². The van der Waals surface area contributed by atoms with E-state index in [9.17, 15) is 0 Å². The van der Waals surface area contributed by atoms with Crippen molar-refractivity contribution in [2.45, 2.75) is 18.2 Å². The molecule has 0 amide bonds. The first-order chi connectivity index (χ1) is 8.31. The highest BCUT2D eigenvalue weighted by atomic mass is 35.5. The van der Waals surface area contributed by atoms with Gasteiger partial charge in [-0.3, -0.25) is 0 Å². The molecular formula is C15H14Cl2. The average molecular weight is 265 g/mol. The van der Waals surface area contributed by atoms with E-state index in [0.717, 1.165) is 17.5 Å². The fourth-order valence-electron chi connectivity index (χ4n) is 1.93. The molecule has 0 N–H and O–H groups in total. The lowest BCUT2D eigenvalue weighted by molar-refractivity contribution is 1.16. The van der Waals surface area contributed by atoms with Gasteiger partial charge in [0.05, 0.1) is 0 Å². The number of halogens is 2. The van der Waals surface area contributed by atoms with Crippen LogP contribution in [0.3, 0.4) is 0 Å². The molecule has 2 aromatic rings. The van der Waals surface area contributed by atoms with E-state index in [2.05, 4.69) is 42.5 Å². The summed E-state index contributed by atoms with van der Waals surface area (Å²) in [5.74, 6) is 1.07. The van der Waals surface area contributed by atoms with E-state index in [1.54, 1.807) is 0 Å². The Hall–Kier alpha value is -0.980. The molecule has 0 spiro atoms.